The minimum atomic E-state index is -0.894. The lowest BCUT2D eigenvalue weighted by atomic mass is 9.80. The van der Waals surface area contributed by atoms with Gasteiger partial charge < -0.3 is 20.1 Å². The molecule has 0 radical (unpaired) electrons. The van der Waals surface area contributed by atoms with Crippen LogP contribution in [0.4, 0.5) is 0 Å². The molecule has 0 amide bonds. The zero-order valence-electron chi connectivity index (χ0n) is 10.6. The summed E-state index contributed by atoms with van der Waals surface area (Å²) >= 11 is 5.18. The van der Waals surface area contributed by atoms with E-state index in [1.807, 2.05) is 31.2 Å². The topological polar surface area (TPSA) is 59.6 Å². The Hall–Kier alpha value is -1.82. The number of hydrogen-bond acceptors (Lipinski definition) is 4. The van der Waals surface area contributed by atoms with E-state index in [0.29, 0.717) is 5.11 Å². The minimum Gasteiger partial charge on any atom is -0.469 e. The van der Waals surface area contributed by atoms with Gasteiger partial charge in [0.05, 0.1) is 13.2 Å². The normalized spacial score (nSPS) is 31.4. The molecule has 19 heavy (non-hydrogen) atoms. The van der Waals surface area contributed by atoms with Gasteiger partial charge in [0.1, 0.15) is 11.7 Å². The number of methoxy groups -OCH3 is 1. The number of rotatable bonds is 1. The second-order valence-electron chi connectivity index (χ2n) is 4.82. The van der Waals surface area contributed by atoms with Crippen molar-refractivity contribution in [2.45, 2.75) is 18.7 Å². The predicted molar refractivity (Wildman–Crippen MR) is 72.6 cm³/mol. The van der Waals surface area contributed by atoms with E-state index < -0.39 is 11.6 Å². The molecule has 3 rings (SSSR count). The van der Waals surface area contributed by atoms with Gasteiger partial charge in [-0.2, -0.15) is 0 Å². The van der Waals surface area contributed by atoms with Crippen LogP contribution in [0.1, 0.15) is 18.5 Å². The van der Waals surface area contributed by atoms with Crippen molar-refractivity contribution in [2.24, 2.45) is 5.92 Å². The van der Waals surface area contributed by atoms with Gasteiger partial charge >= 0.3 is 5.97 Å². The Bertz CT molecular complexity index is 563. The molecule has 0 aromatic heterocycles. The van der Waals surface area contributed by atoms with Gasteiger partial charge in [0.25, 0.3) is 0 Å². The molecule has 3 atom stereocenters. The molecule has 1 saturated heterocycles. The smallest absolute Gasteiger partial charge is 0.317 e. The van der Waals surface area contributed by atoms with Crippen molar-refractivity contribution in [1.82, 2.24) is 10.6 Å². The van der Waals surface area contributed by atoms with Crippen LogP contribution in [0.15, 0.2) is 24.3 Å². The van der Waals surface area contributed by atoms with Crippen molar-refractivity contribution in [3.8, 4) is 5.75 Å². The summed E-state index contributed by atoms with van der Waals surface area (Å²) in [6.45, 7) is 1.81. The first-order chi connectivity index (χ1) is 9.05. The third-order valence-corrected chi connectivity index (χ3v) is 3.83. The third-order valence-electron chi connectivity index (χ3n) is 3.61. The number of esters is 1. The maximum atomic E-state index is 12.1. The maximum absolute atomic E-state index is 12.1. The van der Waals surface area contributed by atoms with Gasteiger partial charge in [0, 0.05) is 5.56 Å². The molecule has 0 spiro atoms. The molecule has 2 aliphatic heterocycles. The number of thiocarbonyl (C=S) groups is 1. The number of hydrogen-bond donors (Lipinski definition) is 2. The summed E-state index contributed by atoms with van der Waals surface area (Å²) in [7, 11) is 1.38. The van der Waals surface area contributed by atoms with Crippen LogP contribution in [-0.2, 0) is 9.53 Å². The number of fused-ring (bicyclic) bond motifs is 4. The van der Waals surface area contributed by atoms with Crippen LogP contribution in [0.2, 0.25) is 0 Å². The van der Waals surface area contributed by atoms with Crippen molar-refractivity contribution in [3.05, 3.63) is 29.8 Å². The van der Waals surface area contributed by atoms with Crippen LogP contribution in [-0.4, -0.2) is 23.9 Å². The highest BCUT2D eigenvalue weighted by Crippen LogP contribution is 2.44. The fraction of sp³-hybridized carbons (Fsp3) is 0.385. The van der Waals surface area contributed by atoms with E-state index in [2.05, 4.69) is 10.6 Å². The van der Waals surface area contributed by atoms with E-state index in [0.717, 1.165) is 11.3 Å². The Morgan fingerprint density at radius 3 is 2.95 bits per heavy atom. The maximum Gasteiger partial charge on any atom is 0.317 e. The number of nitrogens with one attached hydrogen (secondary N) is 2. The second kappa shape index (κ2) is 4.09. The van der Waals surface area contributed by atoms with Crippen LogP contribution in [0.3, 0.4) is 0 Å². The van der Waals surface area contributed by atoms with Gasteiger partial charge in [-0.05, 0) is 25.2 Å². The lowest BCUT2D eigenvalue weighted by molar-refractivity contribution is -0.159. The van der Waals surface area contributed by atoms with E-state index >= 15 is 0 Å². The van der Waals surface area contributed by atoms with Gasteiger partial charge in [-0.3, -0.25) is 4.79 Å². The van der Waals surface area contributed by atoms with Crippen molar-refractivity contribution in [2.75, 3.05) is 7.11 Å². The summed E-state index contributed by atoms with van der Waals surface area (Å²) in [4.78, 5) is 12.1. The highest BCUT2D eigenvalue weighted by atomic mass is 32.1. The van der Waals surface area contributed by atoms with Gasteiger partial charge in [-0.25, -0.2) is 0 Å². The van der Waals surface area contributed by atoms with E-state index in [1.165, 1.54) is 7.11 Å². The Morgan fingerprint density at radius 1 is 1.47 bits per heavy atom. The van der Waals surface area contributed by atoms with Gasteiger partial charge in [-0.15, -0.1) is 0 Å². The number of carbonyl (C=O) groups is 1. The predicted octanol–water partition coefficient (Wildman–Crippen LogP) is 1.10. The monoisotopic (exact) mass is 278 g/mol. The molecule has 2 bridgehead atoms. The summed E-state index contributed by atoms with van der Waals surface area (Å²) in [5.74, 6) is -0.0822. The zero-order chi connectivity index (χ0) is 13.6. The molecule has 1 aromatic rings. The molecule has 0 saturated carbocycles. The van der Waals surface area contributed by atoms with Gasteiger partial charge in [0.2, 0.25) is 0 Å². The van der Waals surface area contributed by atoms with Crippen LogP contribution in [0, 0.1) is 5.92 Å². The summed E-state index contributed by atoms with van der Waals surface area (Å²) in [5.41, 5.74) is 0.0216. The molecule has 100 valence electrons. The average Bonchev–Trinajstić information content (AvgIpc) is 2.36. The molecule has 6 heteroatoms. The highest BCUT2D eigenvalue weighted by Gasteiger charge is 2.55. The molecular formula is C13H14N2O3S. The molecule has 2 heterocycles. The first-order valence-electron chi connectivity index (χ1n) is 5.99. The minimum absolute atomic E-state index is 0.240. The third kappa shape index (κ3) is 1.74. The number of ether oxygens (including phenoxy) is 2. The van der Waals surface area contributed by atoms with E-state index in [1.54, 1.807) is 0 Å². The molecule has 1 fully saturated rings. The lowest BCUT2D eigenvalue weighted by Gasteiger charge is -2.49. The Morgan fingerprint density at radius 2 is 2.21 bits per heavy atom. The molecule has 0 aliphatic carbocycles. The van der Waals surface area contributed by atoms with Crippen molar-refractivity contribution < 1.29 is 14.3 Å². The first kappa shape index (κ1) is 12.2. The molecule has 3 unspecified atom stereocenters. The number of carbonyl (C=O) groups excluding carboxylic acids is 1. The summed E-state index contributed by atoms with van der Waals surface area (Å²) < 4.78 is 10.9. The van der Waals surface area contributed by atoms with Crippen molar-refractivity contribution in [1.29, 1.82) is 0 Å². The summed E-state index contributed by atoms with van der Waals surface area (Å²) in [6, 6.07) is 7.37. The Kier molecular flexibility index (Phi) is 2.63. The Labute approximate surface area is 116 Å². The van der Waals surface area contributed by atoms with Crippen LogP contribution < -0.4 is 15.4 Å². The second-order valence-corrected chi connectivity index (χ2v) is 5.23. The quantitative estimate of drug-likeness (QED) is 0.593. The van der Waals surface area contributed by atoms with Crippen LogP contribution >= 0.6 is 12.2 Å². The first-order valence-corrected chi connectivity index (χ1v) is 6.40. The average molecular weight is 278 g/mol. The Balaban J connectivity index is 2.14. The zero-order valence-corrected chi connectivity index (χ0v) is 11.4. The van der Waals surface area contributed by atoms with Crippen LogP contribution in [0.5, 0.6) is 5.75 Å². The van der Waals surface area contributed by atoms with E-state index in [9.17, 15) is 4.79 Å². The highest BCUT2D eigenvalue weighted by molar-refractivity contribution is 7.80. The standard InChI is InChI=1S/C13H14N2O3S/c1-13-9(11(16)17-2)10(14-12(19)15-13)7-5-3-4-6-8(7)18-13/h3-6,9-10H,1-2H3,(H2,14,15,19). The fourth-order valence-corrected chi connectivity index (χ4v) is 3.10. The number of para-hydroxylation sites is 1. The van der Waals surface area contributed by atoms with E-state index in [4.69, 9.17) is 21.7 Å². The molecule has 2 N–H and O–H groups in total. The lowest BCUT2D eigenvalue weighted by Crippen LogP contribution is -2.69. The van der Waals surface area contributed by atoms with Crippen LogP contribution in [0.25, 0.3) is 0 Å². The largest absolute Gasteiger partial charge is 0.469 e. The SMILES string of the molecule is COC(=O)C1C2NC(=S)NC1(C)Oc1ccccc12. The summed E-state index contributed by atoms with van der Waals surface area (Å²) in [5, 5.41) is 6.64. The number of benzene rings is 1. The van der Waals surface area contributed by atoms with Crippen molar-refractivity contribution >= 4 is 23.3 Å². The van der Waals surface area contributed by atoms with Gasteiger partial charge in [0.15, 0.2) is 10.8 Å². The van der Waals surface area contributed by atoms with Gasteiger partial charge in [-0.1, -0.05) is 18.2 Å². The van der Waals surface area contributed by atoms with Crippen molar-refractivity contribution in [3.63, 3.8) is 0 Å². The van der Waals surface area contributed by atoms with E-state index in [-0.39, 0.29) is 12.0 Å². The molecule has 2 aliphatic rings. The molecular weight excluding hydrogens is 264 g/mol. The molecule has 5 nitrogen and oxygen atoms in total. The fourth-order valence-electron chi connectivity index (χ4n) is 2.77. The molecule has 1 aromatic carbocycles. The summed E-state index contributed by atoms with van der Waals surface area (Å²) in [6.07, 6.45) is 0.